The molecule has 1 saturated carbocycles. The van der Waals surface area contributed by atoms with E-state index in [2.05, 4.69) is 20.5 Å². The molecule has 9 heteroatoms. The lowest BCUT2D eigenvalue weighted by molar-refractivity contribution is -0.117. The quantitative estimate of drug-likeness (QED) is 0.717. The molecule has 8 nitrogen and oxygen atoms in total. The smallest absolute Gasteiger partial charge is 0.249 e. The molecule has 1 aliphatic rings. The highest BCUT2D eigenvalue weighted by Crippen LogP contribution is 2.34. The van der Waals surface area contributed by atoms with E-state index in [0.717, 1.165) is 12.8 Å². The van der Waals surface area contributed by atoms with Gasteiger partial charge in [0.05, 0.1) is 5.75 Å². The Morgan fingerprint density at radius 2 is 2.12 bits per heavy atom. The third kappa shape index (κ3) is 3.65. The van der Waals surface area contributed by atoms with Gasteiger partial charge in [0.25, 0.3) is 0 Å². The summed E-state index contributed by atoms with van der Waals surface area (Å²) in [5.74, 6) is -0.0714. The van der Waals surface area contributed by atoms with Gasteiger partial charge in [0, 0.05) is 5.56 Å². The van der Waals surface area contributed by atoms with Crippen molar-refractivity contribution in [3.8, 4) is 17.1 Å². The second-order valence-electron chi connectivity index (χ2n) is 6.75. The van der Waals surface area contributed by atoms with Crippen LogP contribution in [0.1, 0.15) is 26.7 Å². The van der Waals surface area contributed by atoms with E-state index in [4.69, 9.17) is 0 Å². The van der Waals surface area contributed by atoms with Crippen molar-refractivity contribution in [1.82, 2.24) is 15.2 Å². The summed E-state index contributed by atoms with van der Waals surface area (Å²) in [4.78, 5) is 16.6. The van der Waals surface area contributed by atoms with E-state index >= 15 is 0 Å². The van der Waals surface area contributed by atoms with Crippen LogP contribution < -0.4 is 5.32 Å². The average molecular weight is 364 g/mol. The van der Waals surface area contributed by atoms with Crippen LogP contribution in [0.5, 0.6) is 5.75 Å². The molecule has 1 aliphatic carbocycles. The molecule has 0 unspecified atom stereocenters. The SMILES string of the molecule is CC(C)(C(=O)Nc1n[nH]c(-c2cccc(O)c2)n1)S(=O)(=O)CC1CC1. The topological polar surface area (TPSA) is 125 Å². The second-order valence-corrected chi connectivity index (χ2v) is 9.33. The van der Waals surface area contributed by atoms with Crippen molar-refractivity contribution in [3.05, 3.63) is 24.3 Å². The van der Waals surface area contributed by atoms with Crippen LogP contribution in [0, 0.1) is 5.92 Å². The fourth-order valence-electron chi connectivity index (χ4n) is 2.30. The van der Waals surface area contributed by atoms with Crippen LogP contribution >= 0.6 is 0 Å². The first-order valence-corrected chi connectivity index (χ1v) is 9.60. The van der Waals surface area contributed by atoms with Crippen molar-refractivity contribution in [2.24, 2.45) is 5.92 Å². The number of H-pyrrole nitrogens is 1. The maximum atomic E-state index is 12.5. The van der Waals surface area contributed by atoms with E-state index in [1.54, 1.807) is 12.1 Å². The van der Waals surface area contributed by atoms with Crippen LogP contribution in [0.15, 0.2) is 24.3 Å². The highest BCUT2D eigenvalue weighted by molar-refractivity contribution is 7.93. The second kappa shape index (κ2) is 6.14. The zero-order valence-corrected chi connectivity index (χ0v) is 14.8. The Bertz CT molecular complexity index is 900. The van der Waals surface area contributed by atoms with Gasteiger partial charge < -0.3 is 5.11 Å². The van der Waals surface area contributed by atoms with Gasteiger partial charge in [-0.15, -0.1) is 5.10 Å². The number of benzene rings is 1. The van der Waals surface area contributed by atoms with Crippen molar-refractivity contribution in [3.63, 3.8) is 0 Å². The summed E-state index contributed by atoms with van der Waals surface area (Å²) in [5, 5.41) is 18.5. The van der Waals surface area contributed by atoms with Crippen LogP contribution in [-0.4, -0.2) is 45.1 Å². The number of hydrogen-bond donors (Lipinski definition) is 3. The number of aromatic hydroxyl groups is 1. The van der Waals surface area contributed by atoms with Crippen molar-refractivity contribution >= 4 is 21.7 Å². The number of phenols is 1. The minimum atomic E-state index is -3.58. The number of sulfone groups is 1. The molecule has 25 heavy (non-hydrogen) atoms. The number of amides is 1. The molecule has 0 bridgehead atoms. The van der Waals surface area contributed by atoms with E-state index in [9.17, 15) is 18.3 Å². The molecule has 3 N–H and O–H groups in total. The molecule has 0 aliphatic heterocycles. The summed E-state index contributed by atoms with van der Waals surface area (Å²) in [6, 6.07) is 6.39. The molecule has 0 atom stereocenters. The number of nitrogens with one attached hydrogen (secondary N) is 2. The van der Waals surface area contributed by atoms with Crippen molar-refractivity contribution in [2.75, 3.05) is 11.1 Å². The van der Waals surface area contributed by atoms with Crippen molar-refractivity contribution in [2.45, 2.75) is 31.4 Å². The van der Waals surface area contributed by atoms with E-state index in [-0.39, 0.29) is 23.4 Å². The predicted molar refractivity (Wildman–Crippen MR) is 92.7 cm³/mol. The number of hydrogen-bond acceptors (Lipinski definition) is 6. The Morgan fingerprint density at radius 1 is 1.40 bits per heavy atom. The van der Waals surface area contributed by atoms with Crippen LogP contribution in [0.4, 0.5) is 5.95 Å². The Morgan fingerprint density at radius 3 is 2.76 bits per heavy atom. The molecule has 1 heterocycles. The monoisotopic (exact) mass is 364 g/mol. The van der Waals surface area contributed by atoms with Gasteiger partial charge in [0.2, 0.25) is 11.9 Å². The first-order valence-electron chi connectivity index (χ1n) is 7.94. The van der Waals surface area contributed by atoms with Gasteiger partial charge in [-0.2, -0.15) is 4.98 Å². The van der Waals surface area contributed by atoms with Crippen LogP contribution in [0.25, 0.3) is 11.4 Å². The summed E-state index contributed by atoms with van der Waals surface area (Å²) in [5.41, 5.74) is 0.591. The van der Waals surface area contributed by atoms with Crippen LogP contribution in [0.2, 0.25) is 0 Å². The van der Waals surface area contributed by atoms with Crippen LogP contribution in [-0.2, 0) is 14.6 Å². The Balaban J connectivity index is 1.74. The number of carbonyl (C=O) groups is 1. The van der Waals surface area contributed by atoms with Gasteiger partial charge in [0.1, 0.15) is 10.5 Å². The summed E-state index contributed by atoms with van der Waals surface area (Å²) in [7, 11) is -3.58. The van der Waals surface area contributed by atoms with E-state index in [1.807, 2.05) is 0 Å². The zero-order chi connectivity index (χ0) is 18.2. The Labute approximate surface area is 145 Å². The minimum absolute atomic E-state index is 0.0157. The fourth-order valence-corrected chi connectivity index (χ4v) is 4.00. The largest absolute Gasteiger partial charge is 0.508 e. The first-order chi connectivity index (χ1) is 11.7. The maximum Gasteiger partial charge on any atom is 0.249 e. The summed E-state index contributed by atoms with van der Waals surface area (Å²) < 4.78 is 23.4. The van der Waals surface area contributed by atoms with E-state index < -0.39 is 20.5 Å². The normalized spacial score (nSPS) is 15.1. The van der Waals surface area contributed by atoms with Crippen LogP contribution in [0.3, 0.4) is 0 Å². The molecule has 1 fully saturated rings. The van der Waals surface area contributed by atoms with Gasteiger partial charge in [-0.3, -0.25) is 15.2 Å². The third-order valence-electron chi connectivity index (χ3n) is 4.31. The number of rotatable bonds is 6. The molecule has 0 radical (unpaired) electrons. The van der Waals surface area contributed by atoms with E-state index in [1.165, 1.54) is 26.0 Å². The number of carbonyl (C=O) groups excluding carboxylic acids is 1. The molecule has 1 aromatic heterocycles. The van der Waals surface area contributed by atoms with Crippen molar-refractivity contribution in [1.29, 1.82) is 0 Å². The lowest BCUT2D eigenvalue weighted by atomic mass is 10.2. The molecule has 3 rings (SSSR count). The number of aromatic nitrogens is 3. The number of anilines is 1. The lowest BCUT2D eigenvalue weighted by Crippen LogP contribution is -2.46. The Kier molecular flexibility index (Phi) is 4.28. The fraction of sp³-hybridized carbons (Fsp3) is 0.438. The first kappa shape index (κ1) is 17.4. The molecule has 134 valence electrons. The van der Waals surface area contributed by atoms with E-state index in [0.29, 0.717) is 11.4 Å². The molecular formula is C16H20N4O4S. The van der Waals surface area contributed by atoms with Gasteiger partial charge in [-0.05, 0) is 44.7 Å². The van der Waals surface area contributed by atoms with Gasteiger partial charge in [-0.25, -0.2) is 8.42 Å². The minimum Gasteiger partial charge on any atom is -0.508 e. The summed E-state index contributed by atoms with van der Waals surface area (Å²) in [6.07, 6.45) is 1.79. The molecule has 1 amide bonds. The molecule has 2 aromatic rings. The zero-order valence-electron chi connectivity index (χ0n) is 14.0. The highest BCUT2D eigenvalue weighted by atomic mass is 32.2. The number of phenolic OH excluding ortho intramolecular Hbond substituents is 1. The number of aromatic amines is 1. The number of nitrogens with zero attached hydrogens (tertiary/aromatic N) is 2. The predicted octanol–water partition coefficient (Wildman–Crippen LogP) is 1.72. The maximum absolute atomic E-state index is 12.5. The molecule has 0 spiro atoms. The highest BCUT2D eigenvalue weighted by Gasteiger charge is 2.44. The van der Waals surface area contributed by atoms with Gasteiger partial charge in [0.15, 0.2) is 15.7 Å². The summed E-state index contributed by atoms with van der Waals surface area (Å²) >= 11 is 0. The van der Waals surface area contributed by atoms with Gasteiger partial charge >= 0.3 is 0 Å². The average Bonchev–Trinajstić information content (AvgIpc) is 3.21. The Hall–Kier alpha value is -2.42. The standard InChI is InChI=1S/C16H20N4O4S/c1-16(2,25(23,24)9-10-6-7-10)14(22)18-15-17-13(19-20-15)11-4-3-5-12(21)8-11/h3-5,8,10,21H,6-7,9H2,1-2H3,(H2,17,18,19,20,22). The molecular weight excluding hydrogens is 344 g/mol. The summed E-state index contributed by atoms with van der Waals surface area (Å²) in [6.45, 7) is 2.78. The molecule has 1 aromatic carbocycles. The third-order valence-corrected chi connectivity index (χ3v) is 6.96. The molecule has 0 saturated heterocycles. The van der Waals surface area contributed by atoms with Crippen molar-refractivity contribution < 1.29 is 18.3 Å². The van der Waals surface area contributed by atoms with Gasteiger partial charge in [-0.1, -0.05) is 12.1 Å². The lowest BCUT2D eigenvalue weighted by Gasteiger charge is -2.22.